The van der Waals surface area contributed by atoms with Gasteiger partial charge in [-0.1, -0.05) is 19.0 Å². The van der Waals surface area contributed by atoms with Gasteiger partial charge in [-0.05, 0) is 31.2 Å². The molecule has 5 heteroatoms. The summed E-state index contributed by atoms with van der Waals surface area (Å²) in [5.74, 6) is 1.06. The van der Waals surface area contributed by atoms with Crippen LogP contribution in [0.1, 0.15) is 33.1 Å². The molecule has 0 aliphatic heterocycles. The zero-order chi connectivity index (χ0) is 12.7. The van der Waals surface area contributed by atoms with E-state index in [0.717, 1.165) is 12.8 Å². The lowest BCUT2D eigenvalue weighted by molar-refractivity contribution is -0.116. The molecule has 0 bridgehead atoms. The molecule has 1 aromatic heterocycles. The third kappa shape index (κ3) is 4.99. The molecule has 1 unspecified atom stereocenters. The van der Waals surface area contributed by atoms with Crippen LogP contribution in [-0.2, 0) is 4.79 Å². The Bertz CT molecular complexity index is 323. The minimum absolute atomic E-state index is 0.00382. The van der Waals surface area contributed by atoms with E-state index >= 15 is 0 Å². The number of amides is 1. The molecule has 0 aliphatic carbocycles. The van der Waals surface area contributed by atoms with Gasteiger partial charge < -0.3 is 15.6 Å². The zero-order valence-corrected chi connectivity index (χ0v) is 10.5. The number of nitrogens with zero attached hydrogens (tertiary/aromatic N) is 1. The fourth-order valence-corrected chi connectivity index (χ4v) is 1.83. The van der Waals surface area contributed by atoms with Crippen molar-refractivity contribution in [1.29, 1.82) is 0 Å². The Morgan fingerprint density at radius 2 is 2.29 bits per heavy atom. The lowest BCUT2D eigenvalue weighted by atomic mass is 9.88. The van der Waals surface area contributed by atoms with Crippen molar-refractivity contribution in [2.45, 2.75) is 33.1 Å². The van der Waals surface area contributed by atoms with Crippen LogP contribution in [-0.4, -0.2) is 17.6 Å². The van der Waals surface area contributed by atoms with Crippen LogP contribution in [0.25, 0.3) is 0 Å². The predicted molar refractivity (Wildman–Crippen MR) is 66.4 cm³/mol. The van der Waals surface area contributed by atoms with Crippen molar-refractivity contribution in [1.82, 2.24) is 5.16 Å². The maximum atomic E-state index is 11.6. The summed E-state index contributed by atoms with van der Waals surface area (Å²) in [7, 11) is 0. The standard InChI is InChI=1S/C12H21N3O2/c1-9(2)10(5-6-13)3-4-12(16)15-11-7-14-17-8-11/h7-10H,3-6,13H2,1-2H3,(H,15,16). The Balaban J connectivity index is 2.31. The highest BCUT2D eigenvalue weighted by atomic mass is 16.5. The molecule has 0 aliphatic rings. The van der Waals surface area contributed by atoms with E-state index in [1.165, 1.54) is 12.5 Å². The molecule has 0 radical (unpaired) electrons. The molecule has 96 valence electrons. The number of hydrogen-bond acceptors (Lipinski definition) is 4. The van der Waals surface area contributed by atoms with Gasteiger partial charge in [0.25, 0.3) is 0 Å². The minimum Gasteiger partial charge on any atom is -0.363 e. The molecule has 0 fully saturated rings. The maximum Gasteiger partial charge on any atom is 0.224 e. The van der Waals surface area contributed by atoms with Crippen LogP contribution in [0.5, 0.6) is 0 Å². The van der Waals surface area contributed by atoms with Crippen molar-refractivity contribution in [3.8, 4) is 0 Å². The second-order valence-corrected chi connectivity index (χ2v) is 4.58. The van der Waals surface area contributed by atoms with E-state index in [1.54, 1.807) is 0 Å². The lowest BCUT2D eigenvalue weighted by Gasteiger charge is -2.19. The van der Waals surface area contributed by atoms with Crippen LogP contribution in [0, 0.1) is 11.8 Å². The van der Waals surface area contributed by atoms with Gasteiger partial charge in [0.2, 0.25) is 5.91 Å². The Morgan fingerprint density at radius 1 is 1.53 bits per heavy atom. The van der Waals surface area contributed by atoms with Crippen LogP contribution < -0.4 is 11.1 Å². The van der Waals surface area contributed by atoms with Gasteiger partial charge in [-0.15, -0.1) is 0 Å². The first-order chi connectivity index (χ1) is 8.13. The first-order valence-corrected chi connectivity index (χ1v) is 6.02. The molecule has 1 aromatic rings. The van der Waals surface area contributed by atoms with Crippen LogP contribution in [0.4, 0.5) is 5.69 Å². The van der Waals surface area contributed by atoms with E-state index in [2.05, 4.69) is 28.8 Å². The summed E-state index contributed by atoms with van der Waals surface area (Å²) in [6.07, 6.45) is 5.24. The number of nitrogens with one attached hydrogen (secondary N) is 1. The van der Waals surface area contributed by atoms with E-state index < -0.39 is 0 Å². The monoisotopic (exact) mass is 239 g/mol. The topological polar surface area (TPSA) is 81.2 Å². The Hall–Kier alpha value is -1.36. The molecule has 0 saturated carbocycles. The highest BCUT2D eigenvalue weighted by Crippen LogP contribution is 2.20. The van der Waals surface area contributed by atoms with Gasteiger partial charge in [-0.3, -0.25) is 4.79 Å². The van der Waals surface area contributed by atoms with E-state index in [0.29, 0.717) is 30.5 Å². The molecule has 0 spiro atoms. The maximum absolute atomic E-state index is 11.6. The average Bonchev–Trinajstić information content (AvgIpc) is 2.76. The smallest absolute Gasteiger partial charge is 0.224 e. The van der Waals surface area contributed by atoms with Gasteiger partial charge in [0.1, 0.15) is 12.0 Å². The molecule has 1 atom stereocenters. The largest absolute Gasteiger partial charge is 0.363 e. The lowest BCUT2D eigenvalue weighted by Crippen LogP contribution is -2.18. The second-order valence-electron chi connectivity index (χ2n) is 4.58. The van der Waals surface area contributed by atoms with Crippen molar-refractivity contribution in [2.75, 3.05) is 11.9 Å². The number of hydrogen-bond donors (Lipinski definition) is 2. The van der Waals surface area contributed by atoms with Crippen molar-refractivity contribution < 1.29 is 9.32 Å². The predicted octanol–water partition coefficient (Wildman–Crippen LogP) is 2.01. The number of carbonyl (C=O) groups excluding carboxylic acids is 1. The molecule has 1 rings (SSSR count). The van der Waals surface area contributed by atoms with Crippen molar-refractivity contribution in [3.63, 3.8) is 0 Å². The summed E-state index contributed by atoms with van der Waals surface area (Å²) in [4.78, 5) is 11.6. The van der Waals surface area contributed by atoms with E-state index in [4.69, 9.17) is 5.73 Å². The molecular formula is C12H21N3O2. The zero-order valence-electron chi connectivity index (χ0n) is 10.5. The molecule has 3 N–H and O–H groups in total. The summed E-state index contributed by atoms with van der Waals surface area (Å²) >= 11 is 0. The molecular weight excluding hydrogens is 218 g/mol. The third-order valence-corrected chi connectivity index (χ3v) is 2.94. The van der Waals surface area contributed by atoms with Gasteiger partial charge in [-0.2, -0.15) is 0 Å². The van der Waals surface area contributed by atoms with Crippen LogP contribution in [0.2, 0.25) is 0 Å². The summed E-state index contributed by atoms with van der Waals surface area (Å²) in [5, 5.41) is 6.25. The molecule has 0 saturated heterocycles. The molecule has 5 nitrogen and oxygen atoms in total. The van der Waals surface area contributed by atoms with E-state index in [9.17, 15) is 4.79 Å². The quantitative estimate of drug-likeness (QED) is 0.762. The van der Waals surface area contributed by atoms with Crippen molar-refractivity contribution in [3.05, 3.63) is 12.5 Å². The Labute approximate surface area is 102 Å². The minimum atomic E-state index is -0.00382. The number of aromatic nitrogens is 1. The van der Waals surface area contributed by atoms with Gasteiger partial charge in [-0.25, -0.2) is 0 Å². The highest BCUT2D eigenvalue weighted by molar-refractivity contribution is 5.90. The van der Waals surface area contributed by atoms with Gasteiger partial charge in [0.15, 0.2) is 0 Å². The van der Waals surface area contributed by atoms with Crippen molar-refractivity contribution >= 4 is 11.6 Å². The third-order valence-electron chi connectivity index (χ3n) is 2.94. The average molecular weight is 239 g/mol. The summed E-state index contributed by atoms with van der Waals surface area (Å²) in [6.45, 7) is 5.01. The van der Waals surface area contributed by atoms with Gasteiger partial charge in [0, 0.05) is 6.42 Å². The molecule has 1 heterocycles. The second kappa shape index (κ2) is 7.06. The molecule has 17 heavy (non-hydrogen) atoms. The first-order valence-electron chi connectivity index (χ1n) is 6.02. The number of anilines is 1. The van der Waals surface area contributed by atoms with E-state index in [1.807, 2.05) is 0 Å². The number of nitrogens with two attached hydrogens (primary N) is 1. The summed E-state index contributed by atoms with van der Waals surface area (Å²) in [6, 6.07) is 0. The first kappa shape index (κ1) is 13.7. The van der Waals surface area contributed by atoms with Crippen LogP contribution >= 0.6 is 0 Å². The number of carbonyl (C=O) groups is 1. The van der Waals surface area contributed by atoms with Gasteiger partial charge >= 0.3 is 0 Å². The molecule has 1 amide bonds. The Morgan fingerprint density at radius 3 is 2.82 bits per heavy atom. The van der Waals surface area contributed by atoms with Crippen LogP contribution in [0.3, 0.4) is 0 Å². The summed E-state index contributed by atoms with van der Waals surface area (Å²) in [5.41, 5.74) is 6.17. The SMILES string of the molecule is CC(C)C(CCN)CCC(=O)Nc1cnoc1. The van der Waals surface area contributed by atoms with Gasteiger partial charge in [0.05, 0.1) is 6.20 Å². The highest BCUT2D eigenvalue weighted by Gasteiger charge is 2.14. The van der Waals surface area contributed by atoms with Crippen LogP contribution in [0.15, 0.2) is 17.0 Å². The normalized spacial score (nSPS) is 12.7. The summed E-state index contributed by atoms with van der Waals surface area (Å²) < 4.78 is 4.64. The fraction of sp³-hybridized carbons (Fsp3) is 0.667. The fourth-order valence-electron chi connectivity index (χ4n) is 1.83. The number of rotatable bonds is 7. The van der Waals surface area contributed by atoms with E-state index in [-0.39, 0.29) is 5.91 Å². The Kier molecular flexibility index (Phi) is 5.69. The molecule has 0 aromatic carbocycles. The van der Waals surface area contributed by atoms with Crippen molar-refractivity contribution in [2.24, 2.45) is 17.6 Å².